The Balaban J connectivity index is 1.86. The summed E-state index contributed by atoms with van der Waals surface area (Å²) in [4.78, 5) is 24.9. The fourth-order valence-electron chi connectivity index (χ4n) is 2.70. The number of nitrogens with one attached hydrogen (secondary N) is 2. The second-order valence-electron chi connectivity index (χ2n) is 6.19. The number of hydrogen-bond donors (Lipinski definition) is 2. The first kappa shape index (κ1) is 21.7. The van der Waals surface area contributed by atoms with Gasteiger partial charge in [0.05, 0.1) is 12.2 Å². The van der Waals surface area contributed by atoms with Gasteiger partial charge >= 0.3 is 5.97 Å². The minimum Gasteiger partial charge on any atom is -0.462 e. The van der Waals surface area contributed by atoms with Crippen molar-refractivity contribution in [2.75, 3.05) is 11.9 Å². The highest BCUT2D eigenvalue weighted by atomic mass is 32.2. The molecule has 0 bridgehead atoms. The lowest BCUT2D eigenvalue weighted by atomic mass is 10.1. The summed E-state index contributed by atoms with van der Waals surface area (Å²) < 4.78 is 33.0. The van der Waals surface area contributed by atoms with E-state index in [1.54, 1.807) is 66.9 Å². The molecular weight excluding hydrogens is 424 g/mol. The fourth-order valence-corrected chi connectivity index (χ4v) is 4.89. The van der Waals surface area contributed by atoms with Crippen LogP contribution in [0.4, 0.5) is 5.69 Å². The molecule has 0 fully saturated rings. The third kappa shape index (κ3) is 5.32. The number of ether oxygens (including phenoxy) is 1. The fraction of sp³-hybridized carbons (Fsp3) is 0.143. The molecule has 1 aromatic heterocycles. The number of carbonyl (C=O) groups excluding carboxylic acids is 2. The lowest BCUT2D eigenvalue weighted by molar-refractivity contribution is -0.117. The van der Waals surface area contributed by atoms with Crippen molar-refractivity contribution >= 4 is 38.9 Å². The van der Waals surface area contributed by atoms with E-state index in [2.05, 4.69) is 10.0 Å². The summed E-state index contributed by atoms with van der Waals surface area (Å²) >= 11 is 1.06. The van der Waals surface area contributed by atoms with Crippen LogP contribution in [0.1, 0.15) is 28.9 Å². The molecule has 0 aliphatic carbocycles. The van der Waals surface area contributed by atoms with Crippen molar-refractivity contribution < 1.29 is 22.7 Å². The normalized spacial score (nSPS) is 12.2. The monoisotopic (exact) mass is 444 g/mol. The zero-order valence-electron chi connectivity index (χ0n) is 16.1. The minimum absolute atomic E-state index is 0.112. The first-order valence-corrected chi connectivity index (χ1v) is 11.5. The van der Waals surface area contributed by atoms with Gasteiger partial charge in [0, 0.05) is 5.69 Å². The molecule has 2 N–H and O–H groups in total. The molecule has 3 rings (SSSR count). The first-order chi connectivity index (χ1) is 14.4. The molecule has 156 valence electrons. The summed E-state index contributed by atoms with van der Waals surface area (Å²) in [5.74, 6) is -1.09. The van der Waals surface area contributed by atoms with Crippen LogP contribution in [0.15, 0.2) is 76.3 Å². The van der Waals surface area contributed by atoms with Crippen LogP contribution in [0, 0.1) is 0 Å². The molecule has 0 aliphatic rings. The Bertz CT molecular complexity index is 1110. The van der Waals surface area contributed by atoms with Gasteiger partial charge in [0.25, 0.3) is 10.0 Å². The molecule has 7 nitrogen and oxygen atoms in total. The van der Waals surface area contributed by atoms with E-state index in [4.69, 9.17) is 4.74 Å². The highest BCUT2D eigenvalue weighted by molar-refractivity contribution is 7.91. The number of carbonyl (C=O) groups is 2. The van der Waals surface area contributed by atoms with E-state index >= 15 is 0 Å². The van der Waals surface area contributed by atoms with Crippen LogP contribution >= 0.6 is 11.3 Å². The molecule has 1 amide bonds. The molecule has 0 aliphatic heterocycles. The largest absolute Gasteiger partial charge is 0.462 e. The average molecular weight is 445 g/mol. The summed E-state index contributed by atoms with van der Waals surface area (Å²) in [6.45, 7) is 1.93. The molecule has 1 heterocycles. The van der Waals surface area contributed by atoms with E-state index < -0.39 is 27.9 Å². The smallest absolute Gasteiger partial charge is 0.338 e. The molecular formula is C21H20N2O5S2. The molecule has 0 radical (unpaired) electrons. The summed E-state index contributed by atoms with van der Waals surface area (Å²) in [5, 5.41) is 4.32. The first-order valence-electron chi connectivity index (χ1n) is 9.09. The second kappa shape index (κ2) is 9.66. The van der Waals surface area contributed by atoms with Crippen LogP contribution < -0.4 is 10.0 Å². The van der Waals surface area contributed by atoms with Crippen molar-refractivity contribution in [3.05, 3.63) is 83.2 Å². The van der Waals surface area contributed by atoms with Crippen molar-refractivity contribution in [2.24, 2.45) is 0 Å². The predicted molar refractivity (Wildman–Crippen MR) is 115 cm³/mol. The van der Waals surface area contributed by atoms with E-state index in [0.29, 0.717) is 11.3 Å². The molecule has 2 aromatic carbocycles. The molecule has 3 aromatic rings. The highest BCUT2D eigenvalue weighted by Crippen LogP contribution is 2.22. The number of benzene rings is 2. The van der Waals surface area contributed by atoms with Gasteiger partial charge in [-0.15, -0.1) is 11.3 Å². The van der Waals surface area contributed by atoms with Crippen molar-refractivity contribution in [2.45, 2.75) is 17.2 Å². The highest BCUT2D eigenvalue weighted by Gasteiger charge is 2.28. The van der Waals surface area contributed by atoms with Gasteiger partial charge < -0.3 is 10.1 Å². The standard InChI is InChI=1S/C21H20N2O5S2/c1-2-28-21(25)16-10-6-11-17(14-16)22-20(24)19(15-8-4-3-5-9-15)23-30(26,27)18-12-7-13-29-18/h3-14,19,23H,2H2,1H3,(H,22,24)/t19-/m1/s1. The van der Waals surface area contributed by atoms with E-state index in [1.807, 2.05) is 0 Å². The Morgan fingerprint density at radius 2 is 1.80 bits per heavy atom. The lowest BCUT2D eigenvalue weighted by Crippen LogP contribution is -2.36. The molecule has 0 saturated heterocycles. The van der Waals surface area contributed by atoms with Gasteiger partial charge in [-0.1, -0.05) is 42.5 Å². The van der Waals surface area contributed by atoms with Crippen molar-refractivity contribution in [3.63, 3.8) is 0 Å². The third-order valence-electron chi connectivity index (χ3n) is 4.07. The van der Waals surface area contributed by atoms with Gasteiger partial charge in [-0.25, -0.2) is 13.2 Å². The predicted octanol–water partition coefficient (Wildman–Crippen LogP) is 3.58. The van der Waals surface area contributed by atoms with Gasteiger partial charge in [-0.05, 0) is 42.1 Å². The van der Waals surface area contributed by atoms with Crippen molar-refractivity contribution in [1.29, 1.82) is 0 Å². The minimum atomic E-state index is -3.90. The molecule has 30 heavy (non-hydrogen) atoms. The third-order valence-corrected chi connectivity index (χ3v) is 6.89. The number of rotatable bonds is 8. The van der Waals surface area contributed by atoms with Crippen LogP contribution in [0.5, 0.6) is 0 Å². The van der Waals surface area contributed by atoms with Gasteiger partial charge in [-0.3, -0.25) is 4.79 Å². The van der Waals surface area contributed by atoms with E-state index in [0.717, 1.165) is 11.3 Å². The quantitative estimate of drug-likeness (QED) is 0.517. The van der Waals surface area contributed by atoms with Crippen molar-refractivity contribution in [3.8, 4) is 0 Å². The molecule has 0 unspecified atom stereocenters. The molecule has 9 heteroatoms. The van der Waals surface area contributed by atoms with Gasteiger partial charge in [0.2, 0.25) is 5.91 Å². The maximum Gasteiger partial charge on any atom is 0.338 e. The number of amides is 1. The zero-order chi connectivity index (χ0) is 21.6. The van der Waals surface area contributed by atoms with E-state index in [-0.39, 0.29) is 16.4 Å². The summed E-state index contributed by atoms with van der Waals surface area (Å²) in [7, 11) is -3.90. The van der Waals surface area contributed by atoms with E-state index in [1.165, 1.54) is 12.1 Å². The molecule has 0 saturated carbocycles. The number of anilines is 1. The Morgan fingerprint density at radius 1 is 1.03 bits per heavy atom. The zero-order valence-corrected chi connectivity index (χ0v) is 17.7. The molecule has 0 spiro atoms. The maximum atomic E-state index is 13.0. The lowest BCUT2D eigenvalue weighted by Gasteiger charge is -2.19. The Labute approximate surface area is 178 Å². The van der Waals surface area contributed by atoms with Crippen LogP contribution in [0.2, 0.25) is 0 Å². The van der Waals surface area contributed by atoms with Gasteiger partial charge in [0.15, 0.2) is 0 Å². The Kier molecular flexibility index (Phi) is 6.99. The molecule has 1 atom stereocenters. The topological polar surface area (TPSA) is 102 Å². The second-order valence-corrected chi connectivity index (χ2v) is 9.08. The average Bonchev–Trinajstić information content (AvgIpc) is 3.29. The van der Waals surface area contributed by atoms with E-state index in [9.17, 15) is 18.0 Å². The number of thiophene rings is 1. The Hall–Kier alpha value is -3.01. The number of esters is 1. The summed E-state index contributed by atoms with van der Waals surface area (Å²) in [6, 6.07) is 16.7. The Morgan fingerprint density at radius 3 is 2.47 bits per heavy atom. The van der Waals surface area contributed by atoms with Crippen LogP contribution in [0.25, 0.3) is 0 Å². The number of hydrogen-bond acceptors (Lipinski definition) is 6. The van der Waals surface area contributed by atoms with Crippen molar-refractivity contribution in [1.82, 2.24) is 4.72 Å². The number of sulfonamides is 1. The van der Waals surface area contributed by atoms with Gasteiger partial charge in [-0.2, -0.15) is 4.72 Å². The van der Waals surface area contributed by atoms with Crippen LogP contribution in [-0.2, 0) is 19.6 Å². The summed E-state index contributed by atoms with van der Waals surface area (Å²) in [5.41, 5.74) is 1.11. The van der Waals surface area contributed by atoms with Crippen LogP contribution in [-0.4, -0.2) is 26.9 Å². The van der Waals surface area contributed by atoms with Crippen LogP contribution in [0.3, 0.4) is 0 Å². The van der Waals surface area contributed by atoms with Gasteiger partial charge in [0.1, 0.15) is 10.3 Å². The maximum absolute atomic E-state index is 13.0. The summed E-state index contributed by atoms with van der Waals surface area (Å²) in [6.07, 6.45) is 0. The SMILES string of the molecule is CCOC(=O)c1cccc(NC(=O)[C@H](NS(=O)(=O)c2cccs2)c2ccccc2)c1.